The Balaban J connectivity index is 1.19. The Hall–Kier alpha value is -4.01. The molecule has 0 bridgehead atoms. The SMILES string of the molecule is COc1ccc2cc(C(=O)NCCNC(=O)c3ccc(O[C@H]4CC[C@@H](C(=O)O)CC4)cc3)[nH]c2c1. The van der Waals surface area contributed by atoms with Crippen LogP contribution in [-0.4, -0.2) is 54.2 Å². The van der Waals surface area contributed by atoms with Gasteiger partial charge in [-0.05, 0) is 68.1 Å². The largest absolute Gasteiger partial charge is 0.497 e. The number of carbonyl (C=O) groups excluding carboxylic acids is 2. The summed E-state index contributed by atoms with van der Waals surface area (Å²) >= 11 is 0. The Bertz CT molecular complexity index is 1200. The molecule has 0 aliphatic heterocycles. The normalized spacial score (nSPS) is 17.5. The van der Waals surface area contributed by atoms with E-state index in [0.717, 1.165) is 10.9 Å². The highest BCUT2D eigenvalue weighted by Gasteiger charge is 2.26. The van der Waals surface area contributed by atoms with E-state index in [-0.39, 0.29) is 36.9 Å². The molecular weight excluding hydrogens is 450 g/mol. The van der Waals surface area contributed by atoms with E-state index < -0.39 is 5.97 Å². The highest BCUT2D eigenvalue weighted by molar-refractivity contribution is 5.98. The minimum Gasteiger partial charge on any atom is -0.497 e. The highest BCUT2D eigenvalue weighted by Crippen LogP contribution is 2.28. The fraction of sp³-hybridized carbons (Fsp3) is 0.346. The van der Waals surface area contributed by atoms with Gasteiger partial charge in [-0.25, -0.2) is 0 Å². The number of carboxylic acid groups (broad SMARTS) is 1. The number of amides is 2. The topological polar surface area (TPSA) is 130 Å². The number of aliphatic carboxylic acids is 1. The smallest absolute Gasteiger partial charge is 0.306 e. The zero-order valence-electron chi connectivity index (χ0n) is 19.5. The van der Waals surface area contributed by atoms with Crippen LogP contribution in [0.3, 0.4) is 0 Å². The molecule has 184 valence electrons. The van der Waals surface area contributed by atoms with E-state index in [1.54, 1.807) is 37.4 Å². The maximum Gasteiger partial charge on any atom is 0.306 e. The molecule has 4 N–H and O–H groups in total. The number of hydrogen-bond acceptors (Lipinski definition) is 5. The van der Waals surface area contributed by atoms with Gasteiger partial charge in [-0.15, -0.1) is 0 Å². The van der Waals surface area contributed by atoms with Crippen LogP contribution < -0.4 is 20.1 Å². The van der Waals surface area contributed by atoms with Gasteiger partial charge in [0.2, 0.25) is 0 Å². The summed E-state index contributed by atoms with van der Waals surface area (Å²) in [6.07, 6.45) is 2.64. The number of aromatic nitrogens is 1. The molecule has 1 aliphatic carbocycles. The van der Waals surface area contributed by atoms with Gasteiger partial charge in [0.25, 0.3) is 11.8 Å². The second-order valence-electron chi connectivity index (χ2n) is 8.60. The first kappa shape index (κ1) is 24.1. The van der Waals surface area contributed by atoms with Crippen LogP contribution in [-0.2, 0) is 4.79 Å². The molecule has 1 fully saturated rings. The fourth-order valence-corrected chi connectivity index (χ4v) is 4.21. The van der Waals surface area contributed by atoms with Crippen LogP contribution in [0.2, 0.25) is 0 Å². The van der Waals surface area contributed by atoms with Crippen molar-refractivity contribution < 1.29 is 29.0 Å². The van der Waals surface area contributed by atoms with Crippen molar-refractivity contribution in [3.63, 3.8) is 0 Å². The van der Waals surface area contributed by atoms with Gasteiger partial charge in [-0.3, -0.25) is 14.4 Å². The summed E-state index contributed by atoms with van der Waals surface area (Å²) in [6.45, 7) is 0.563. The fourth-order valence-electron chi connectivity index (χ4n) is 4.21. The highest BCUT2D eigenvalue weighted by atomic mass is 16.5. The van der Waals surface area contributed by atoms with Crippen LogP contribution in [0.25, 0.3) is 10.9 Å². The van der Waals surface area contributed by atoms with E-state index in [2.05, 4.69) is 15.6 Å². The number of fused-ring (bicyclic) bond motifs is 1. The second-order valence-corrected chi connectivity index (χ2v) is 8.60. The number of carboxylic acids is 1. The third-order valence-corrected chi connectivity index (χ3v) is 6.21. The summed E-state index contributed by atoms with van der Waals surface area (Å²) < 4.78 is 11.1. The van der Waals surface area contributed by atoms with Crippen LogP contribution >= 0.6 is 0 Å². The number of benzene rings is 2. The van der Waals surface area contributed by atoms with Gasteiger partial charge < -0.3 is 30.2 Å². The van der Waals surface area contributed by atoms with Crippen LogP contribution in [0.15, 0.2) is 48.5 Å². The number of ether oxygens (including phenoxy) is 2. The first-order valence-electron chi connectivity index (χ1n) is 11.7. The molecule has 0 radical (unpaired) electrons. The first-order valence-corrected chi connectivity index (χ1v) is 11.7. The Labute approximate surface area is 202 Å². The van der Waals surface area contributed by atoms with Gasteiger partial charge in [-0.1, -0.05) is 0 Å². The summed E-state index contributed by atoms with van der Waals surface area (Å²) in [5, 5.41) is 15.6. The monoisotopic (exact) mass is 479 g/mol. The standard InChI is InChI=1S/C26H29N3O6/c1-34-21-11-6-18-14-23(29-22(18)15-21)25(31)28-13-12-27-24(30)16-2-7-19(8-3-16)35-20-9-4-17(5-10-20)26(32)33/h2-3,6-8,11,14-15,17,20,29H,4-5,9-10,12-13H2,1H3,(H,27,30)(H,28,31)(H,32,33)/t17-,20+. The lowest BCUT2D eigenvalue weighted by Crippen LogP contribution is -2.34. The molecule has 1 heterocycles. The van der Waals surface area contributed by atoms with E-state index in [1.807, 2.05) is 18.2 Å². The van der Waals surface area contributed by atoms with E-state index in [1.165, 1.54) is 0 Å². The van der Waals surface area contributed by atoms with Crippen molar-refractivity contribution in [3.05, 3.63) is 59.8 Å². The predicted octanol–water partition coefficient (Wildman–Crippen LogP) is 3.36. The average Bonchev–Trinajstić information content (AvgIpc) is 3.30. The molecule has 1 saturated carbocycles. The summed E-state index contributed by atoms with van der Waals surface area (Å²) in [4.78, 5) is 38.9. The molecule has 0 saturated heterocycles. The van der Waals surface area contributed by atoms with Crippen molar-refractivity contribution in [1.82, 2.24) is 15.6 Å². The number of nitrogens with one attached hydrogen (secondary N) is 3. The molecule has 0 spiro atoms. The van der Waals surface area contributed by atoms with Crippen LogP contribution in [0.4, 0.5) is 0 Å². The van der Waals surface area contributed by atoms with E-state index >= 15 is 0 Å². The van der Waals surface area contributed by atoms with Crippen molar-refractivity contribution >= 4 is 28.7 Å². The van der Waals surface area contributed by atoms with Crippen LogP contribution in [0.1, 0.15) is 46.5 Å². The minimum atomic E-state index is -0.739. The van der Waals surface area contributed by atoms with Crippen molar-refractivity contribution in [2.75, 3.05) is 20.2 Å². The predicted molar refractivity (Wildman–Crippen MR) is 130 cm³/mol. The molecule has 4 rings (SSSR count). The lowest BCUT2D eigenvalue weighted by molar-refractivity contribution is -0.143. The maximum atomic E-state index is 12.4. The lowest BCUT2D eigenvalue weighted by Gasteiger charge is -2.26. The average molecular weight is 480 g/mol. The molecule has 9 heteroatoms. The molecule has 9 nitrogen and oxygen atoms in total. The van der Waals surface area contributed by atoms with Crippen LogP contribution in [0.5, 0.6) is 11.5 Å². The van der Waals surface area contributed by atoms with Gasteiger partial charge in [0, 0.05) is 35.6 Å². The molecule has 1 aliphatic rings. The van der Waals surface area contributed by atoms with E-state index in [0.29, 0.717) is 48.4 Å². The quantitative estimate of drug-likeness (QED) is 0.348. The molecule has 2 amide bonds. The van der Waals surface area contributed by atoms with Gasteiger partial charge in [0.15, 0.2) is 0 Å². The summed E-state index contributed by atoms with van der Waals surface area (Å²) in [7, 11) is 1.59. The number of hydrogen-bond donors (Lipinski definition) is 4. The van der Waals surface area contributed by atoms with Crippen molar-refractivity contribution in [2.45, 2.75) is 31.8 Å². The third-order valence-electron chi connectivity index (χ3n) is 6.21. The van der Waals surface area contributed by atoms with Crippen molar-refractivity contribution in [1.29, 1.82) is 0 Å². The summed E-state index contributed by atoms with van der Waals surface area (Å²) in [5.74, 6) is -0.159. The molecule has 1 aromatic heterocycles. The van der Waals surface area contributed by atoms with Gasteiger partial charge in [0.05, 0.1) is 19.1 Å². The maximum absolute atomic E-state index is 12.4. The molecule has 2 aromatic carbocycles. The molecule has 0 atom stereocenters. The Morgan fingerprint density at radius 1 is 0.914 bits per heavy atom. The number of carbonyl (C=O) groups is 3. The molecule has 0 unspecified atom stereocenters. The Morgan fingerprint density at radius 2 is 1.57 bits per heavy atom. The lowest BCUT2D eigenvalue weighted by atomic mass is 9.87. The zero-order valence-corrected chi connectivity index (χ0v) is 19.5. The minimum absolute atomic E-state index is 0.00631. The van der Waals surface area contributed by atoms with Crippen molar-refractivity contribution in [3.8, 4) is 11.5 Å². The Morgan fingerprint density at radius 3 is 2.23 bits per heavy atom. The number of rotatable bonds is 9. The summed E-state index contributed by atoms with van der Waals surface area (Å²) in [6, 6.07) is 14.2. The number of aromatic amines is 1. The van der Waals surface area contributed by atoms with Crippen molar-refractivity contribution in [2.24, 2.45) is 5.92 Å². The Kier molecular flexibility index (Phi) is 7.54. The number of H-pyrrole nitrogens is 1. The first-order chi connectivity index (χ1) is 16.9. The third kappa shape index (κ3) is 6.11. The van der Waals surface area contributed by atoms with E-state index in [4.69, 9.17) is 14.6 Å². The molecule has 35 heavy (non-hydrogen) atoms. The zero-order chi connectivity index (χ0) is 24.8. The summed E-state index contributed by atoms with van der Waals surface area (Å²) in [5.41, 5.74) is 1.73. The number of methoxy groups -OCH3 is 1. The van der Waals surface area contributed by atoms with Gasteiger partial charge >= 0.3 is 5.97 Å². The van der Waals surface area contributed by atoms with Crippen LogP contribution in [0, 0.1) is 5.92 Å². The molecular formula is C26H29N3O6. The van der Waals surface area contributed by atoms with Gasteiger partial charge in [0.1, 0.15) is 17.2 Å². The second kappa shape index (κ2) is 10.9. The van der Waals surface area contributed by atoms with E-state index in [9.17, 15) is 14.4 Å². The molecule has 3 aromatic rings. The van der Waals surface area contributed by atoms with Gasteiger partial charge in [-0.2, -0.15) is 0 Å².